The van der Waals surface area contributed by atoms with Gasteiger partial charge in [0.05, 0.1) is 4.92 Å². The van der Waals surface area contributed by atoms with Crippen LogP contribution in [0.1, 0.15) is 0 Å². The highest BCUT2D eigenvalue weighted by Crippen LogP contribution is 2.18. The molecule has 0 unspecified atom stereocenters. The van der Waals surface area contributed by atoms with Crippen LogP contribution in [-0.4, -0.2) is 15.1 Å². The van der Waals surface area contributed by atoms with Crippen molar-refractivity contribution >= 4 is 11.4 Å². The number of nitro benzene ring substituents is 1. The molecule has 1 aromatic carbocycles. The lowest BCUT2D eigenvalue weighted by atomic mass is 10.3. The number of nitrogens with two attached hydrogens (primary N) is 1. The van der Waals surface area contributed by atoms with Gasteiger partial charge in [-0.05, 0) is 12.1 Å². The molecule has 2 rings (SSSR count). The largest absolute Gasteiger partial charge is 0.393 e. The van der Waals surface area contributed by atoms with Gasteiger partial charge in [-0.25, -0.2) is 0 Å². The van der Waals surface area contributed by atoms with Gasteiger partial charge in [0, 0.05) is 18.5 Å². The van der Waals surface area contributed by atoms with Gasteiger partial charge in [-0.2, -0.15) is 5.10 Å². The summed E-state index contributed by atoms with van der Waals surface area (Å²) < 4.78 is 0. The van der Waals surface area contributed by atoms with Crippen LogP contribution in [0.4, 0.5) is 11.4 Å². The molecule has 0 saturated heterocycles. The lowest BCUT2D eigenvalue weighted by Crippen LogP contribution is -1.93. The van der Waals surface area contributed by atoms with Gasteiger partial charge in [-0.3, -0.25) is 15.2 Å². The van der Waals surface area contributed by atoms with Crippen molar-refractivity contribution in [2.75, 3.05) is 5.73 Å². The second kappa shape index (κ2) is 5.38. The molecule has 3 N–H and O–H groups in total. The fourth-order valence-electron chi connectivity index (χ4n) is 0.869. The summed E-state index contributed by atoms with van der Waals surface area (Å²) in [6.07, 6.45) is 3.46. The van der Waals surface area contributed by atoms with Gasteiger partial charge in [-0.1, -0.05) is 12.1 Å². The Hall–Kier alpha value is -2.37. The molecule has 0 atom stereocenters. The van der Waals surface area contributed by atoms with Crippen LogP contribution in [-0.2, 0) is 0 Å². The van der Waals surface area contributed by atoms with E-state index in [-0.39, 0.29) is 11.4 Å². The Labute approximate surface area is 85.9 Å². The van der Waals surface area contributed by atoms with E-state index in [1.165, 1.54) is 12.1 Å². The third-order valence-electron chi connectivity index (χ3n) is 1.54. The molecular formula is C9H10N4O2. The summed E-state index contributed by atoms with van der Waals surface area (Å²) in [5.74, 6) is 0. The van der Waals surface area contributed by atoms with E-state index in [2.05, 4.69) is 10.2 Å². The maximum Gasteiger partial charge on any atom is 0.292 e. The number of nitro groups is 1. The van der Waals surface area contributed by atoms with E-state index in [0.29, 0.717) is 0 Å². The summed E-state index contributed by atoms with van der Waals surface area (Å²) in [7, 11) is 0. The van der Waals surface area contributed by atoms with Gasteiger partial charge >= 0.3 is 0 Å². The minimum atomic E-state index is -0.505. The lowest BCUT2D eigenvalue weighted by Gasteiger charge is -1.92. The van der Waals surface area contributed by atoms with Crippen LogP contribution in [0.25, 0.3) is 0 Å². The van der Waals surface area contributed by atoms with Crippen LogP contribution >= 0.6 is 0 Å². The Morgan fingerprint density at radius 2 is 2.07 bits per heavy atom. The highest BCUT2D eigenvalue weighted by atomic mass is 16.6. The predicted molar refractivity (Wildman–Crippen MR) is 56.1 cm³/mol. The summed E-state index contributed by atoms with van der Waals surface area (Å²) >= 11 is 0. The minimum Gasteiger partial charge on any atom is -0.393 e. The van der Waals surface area contributed by atoms with Crippen molar-refractivity contribution in [1.29, 1.82) is 0 Å². The van der Waals surface area contributed by atoms with Crippen molar-refractivity contribution in [3.05, 3.63) is 52.8 Å². The minimum absolute atomic E-state index is 0.0394. The van der Waals surface area contributed by atoms with Crippen molar-refractivity contribution in [2.45, 2.75) is 0 Å². The molecule has 1 heterocycles. The molecule has 0 radical (unpaired) electrons. The first kappa shape index (κ1) is 10.7. The number of H-pyrrole nitrogens is 1. The third-order valence-corrected chi connectivity index (χ3v) is 1.54. The molecule has 6 nitrogen and oxygen atoms in total. The molecular weight excluding hydrogens is 196 g/mol. The van der Waals surface area contributed by atoms with Crippen LogP contribution in [0.15, 0.2) is 42.7 Å². The highest BCUT2D eigenvalue weighted by Gasteiger charge is 2.07. The van der Waals surface area contributed by atoms with Gasteiger partial charge in [0.25, 0.3) is 5.69 Å². The molecule has 0 aliphatic carbocycles. The molecule has 2 aromatic rings. The Kier molecular flexibility index (Phi) is 3.84. The summed E-state index contributed by atoms with van der Waals surface area (Å²) in [4.78, 5) is 9.64. The quantitative estimate of drug-likeness (QED) is 0.420. The number of nitrogen functional groups attached to an aromatic ring is 1. The Morgan fingerprint density at radius 1 is 1.33 bits per heavy atom. The van der Waals surface area contributed by atoms with Crippen molar-refractivity contribution in [3.63, 3.8) is 0 Å². The first-order valence-electron chi connectivity index (χ1n) is 4.14. The fraction of sp³-hybridized carbons (Fsp3) is 0. The van der Waals surface area contributed by atoms with Gasteiger partial charge in [0.2, 0.25) is 0 Å². The number of hydrogen-bond donors (Lipinski definition) is 2. The Bertz CT molecular complexity index is 397. The molecule has 0 spiro atoms. The first-order chi connectivity index (χ1) is 7.22. The van der Waals surface area contributed by atoms with Crippen LogP contribution in [0.2, 0.25) is 0 Å². The monoisotopic (exact) mass is 206 g/mol. The molecule has 0 aliphatic heterocycles. The molecule has 1 aromatic heterocycles. The number of aromatic amines is 1. The van der Waals surface area contributed by atoms with E-state index in [9.17, 15) is 10.1 Å². The van der Waals surface area contributed by atoms with E-state index in [1.807, 2.05) is 6.07 Å². The van der Waals surface area contributed by atoms with Crippen LogP contribution < -0.4 is 5.73 Å². The standard InChI is InChI=1S/C6H6N2O2.C3H4N2/c7-5-3-1-2-4-6(5)8(9)10;1-2-4-5-3-1/h1-4H,7H2;1-3H,(H,4,5). The summed E-state index contributed by atoms with van der Waals surface area (Å²) in [5, 5.41) is 16.4. The van der Waals surface area contributed by atoms with Gasteiger partial charge in [0.1, 0.15) is 5.69 Å². The average molecular weight is 206 g/mol. The number of nitrogens with zero attached hydrogens (tertiary/aromatic N) is 2. The predicted octanol–water partition coefficient (Wildman–Crippen LogP) is 1.59. The van der Waals surface area contributed by atoms with E-state index in [4.69, 9.17) is 5.73 Å². The van der Waals surface area contributed by atoms with Crippen molar-refractivity contribution in [3.8, 4) is 0 Å². The summed E-state index contributed by atoms with van der Waals surface area (Å²) in [6, 6.07) is 7.93. The average Bonchev–Trinajstić information content (AvgIpc) is 2.75. The summed E-state index contributed by atoms with van der Waals surface area (Å²) in [6.45, 7) is 0. The molecule has 78 valence electrons. The normalized spacial score (nSPS) is 8.80. The van der Waals surface area contributed by atoms with E-state index >= 15 is 0 Å². The van der Waals surface area contributed by atoms with Gasteiger partial charge in [0.15, 0.2) is 0 Å². The smallest absolute Gasteiger partial charge is 0.292 e. The molecule has 6 heteroatoms. The molecule has 0 bridgehead atoms. The van der Waals surface area contributed by atoms with Crippen LogP contribution in [0.5, 0.6) is 0 Å². The lowest BCUT2D eigenvalue weighted by molar-refractivity contribution is -0.383. The molecule has 15 heavy (non-hydrogen) atoms. The SMILES string of the molecule is Nc1ccccc1[N+](=O)[O-].c1cn[nH]c1. The Morgan fingerprint density at radius 3 is 2.40 bits per heavy atom. The number of benzene rings is 1. The topological polar surface area (TPSA) is 97.8 Å². The molecule has 0 saturated carbocycles. The number of hydrogen-bond acceptors (Lipinski definition) is 4. The zero-order valence-corrected chi connectivity index (χ0v) is 7.83. The summed E-state index contributed by atoms with van der Waals surface area (Å²) in [5.41, 5.74) is 5.44. The maximum absolute atomic E-state index is 10.1. The van der Waals surface area contributed by atoms with Crippen LogP contribution in [0.3, 0.4) is 0 Å². The van der Waals surface area contributed by atoms with E-state index < -0.39 is 4.92 Å². The second-order valence-corrected chi connectivity index (χ2v) is 2.58. The number of rotatable bonds is 1. The molecule has 0 fully saturated rings. The fourth-order valence-corrected chi connectivity index (χ4v) is 0.869. The van der Waals surface area contributed by atoms with Crippen molar-refractivity contribution < 1.29 is 4.92 Å². The van der Waals surface area contributed by atoms with Crippen molar-refractivity contribution in [2.24, 2.45) is 0 Å². The highest BCUT2D eigenvalue weighted by molar-refractivity contribution is 5.57. The van der Waals surface area contributed by atoms with Crippen molar-refractivity contribution in [1.82, 2.24) is 10.2 Å². The maximum atomic E-state index is 10.1. The Balaban J connectivity index is 0.000000187. The number of anilines is 1. The zero-order valence-electron chi connectivity index (χ0n) is 7.83. The van der Waals surface area contributed by atoms with Crippen LogP contribution in [0, 0.1) is 10.1 Å². The zero-order chi connectivity index (χ0) is 11.1. The third kappa shape index (κ3) is 3.47. The van der Waals surface area contributed by atoms with E-state index in [1.54, 1.807) is 24.5 Å². The number of para-hydroxylation sites is 2. The van der Waals surface area contributed by atoms with E-state index in [0.717, 1.165) is 0 Å². The second-order valence-electron chi connectivity index (χ2n) is 2.58. The number of nitrogens with one attached hydrogen (secondary N) is 1. The number of aromatic nitrogens is 2. The first-order valence-corrected chi connectivity index (χ1v) is 4.14. The van der Waals surface area contributed by atoms with Gasteiger partial charge < -0.3 is 5.73 Å². The van der Waals surface area contributed by atoms with Gasteiger partial charge in [-0.15, -0.1) is 0 Å². The molecule has 0 amide bonds. The molecule has 0 aliphatic rings.